The van der Waals surface area contributed by atoms with E-state index in [1.807, 2.05) is 0 Å². The summed E-state index contributed by atoms with van der Waals surface area (Å²) < 4.78 is 40.7. The third kappa shape index (κ3) is 6.27. The number of amides is 1. The van der Waals surface area contributed by atoms with Gasteiger partial charge in [-0.05, 0) is 75.3 Å². The maximum atomic E-state index is 13.4. The van der Waals surface area contributed by atoms with Crippen molar-refractivity contribution in [3.8, 4) is 0 Å². The number of aryl methyl sites for hydroxylation is 1. The van der Waals surface area contributed by atoms with Crippen LogP contribution in [-0.4, -0.2) is 44.9 Å². The Labute approximate surface area is 172 Å². The molecule has 2 aromatic rings. The van der Waals surface area contributed by atoms with Gasteiger partial charge in [0.2, 0.25) is 0 Å². The molecule has 1 amide bonds. The Morgan fingerprint density at radius 1 is 1.14 bits per heavy atom. The number of likely N-dealkylation sites (N-methyl/N-ethyl adjacent to an activating group) is 1. The van der Waals surface area contributed by atoms with Gasteiger partial charge in [0, 0.05) is 30.4 Å². The van der Waals surface area contributed by atoms with Crippen LogP contribution in [0.25, 0.3) is 0 Å². The summed E-state index contributed by atoms with van der Waals surface area (Å²) in [6, 6.07) is 10.2. The van der Waals surface area contributed by atoms with Crippen LogP contribution in [0.3, 0.4) is 0 Å². The minimum absolute atomic E-state index is 0.0242. The van der Waals surface area contributed by atoms with Crippen molar-refractivity contribution in [1.29, 1.82) is 0 Å². The Morgan fingerprint density at radius 3 is 2.34 bits per heavy atom. The summed E-state index contributed by atoms with van der Waals surface area (Å²) in [5.41, 5.74) is 1.01. The van der Waals surface area contributed by atoms with E-state index in [1.165, 1.54) is 31.2 Å². The Kier molecular flexibility index (Phi) is 7.75. The zero-order chi connectivity index (χ0) is 21.6. The molecule has 0 aliphatic rings. The fourth-order valence-corrected chi connectivity index (χ4v) is 4.03. The first-order valence-electron chi connectivity index (χ1n) is 9.55. The van der Waals surface area contributed by atoms with E-state index in [2.05, 4.69) is 35.7 Å². The molecule has 0 bridgehead atoms. The molecule has 158 valence electrons. The molecule has 0 saturated carbocycles. The van der Waals surface area contributed by atoms with E-state index in [9.17, 15) is 17.6 Å². The fourth-order valence-electron chi connectivity index (χ4n) is 2.88. The molecule has 0 radical (unpaired) electrons. The lowest BCUT2D eigenvalue weighted by Gasteiger charge is -2.24. The molecule has 0 aliphatic heterocycles. The third-order valence-electron chi connectivity index (χ3n) is 4.66. The van der Waals surface area contributed by atoms with Gasteiger partial charge in [-0.15, -0.1) is 0 Å². The number of carbonyl (C=O) groups is 1. The Bertz CT molecular complexity index is 944. The van der Waals surface area contributed by atoms with Gasteiger partial charge in [-0.2, -0.15) is 0 Å². The first-order valence-corrected chi connectivity index (χ1v) is 11.0. The second-order valence-electron chi connectivity index (χ2n) is 7.07. The summed E-state index contributed by atoms with van der Waals surface area (Å²) in [6.45, 7) is 10.0. The number of hydrogen-bond acceptors (Lipinski definition) is 4. The van der Waals surface area contributed by atoms with Crippen molar-refractivity contribution >= 4 is 21.6 Å². The Balaban J connectivity index is 1.98. The summed E-state index contributed by atoms with van der Waals surface area (Å²) in [6.07, 6.45) is 0. The van der Waals surface area contributed by atoms with Crippen molar-refractivity contribution in [2.24, 2.45) is 0 Å². The second kappa shape index (κ2) is 9.84. The fraction of sp³-hybridized carbons (Fsp3) is 0.381. The van der Waals surface area contributed by atoms with Gasteiger partial charge in [-0.3, -0.25) is 14.4 Å². The van der Waals surface area contributed by atoms with Crippen LogP contribution in [0, 0.1) is 12.7 Å². The molecule has 0 aliphatic carbocycles. The average Bonchev–Trinajstić information content (AvgIpc) is 2.67. The number of benzene rings is 2. The van der Waals surface area contributed by atoms with Crippen molar-refractivity contribution < 1.29 is 17.6 Å². The largest absolute Gasteiger partial charge is 0.351 e. The highest BCUT2D eigenvalue weighted by molar-refractivity contribution is 7.92. The minimum atomic E-state index is -3.84. The molecule has 0 saturated heterocycles. The van der Waals surface area contributed by atoms with Crippen LogP contribution < -0.4 is 10.0 Å². The molecular formula is C21H28FN3O3S. The number of nitrogens with zero attached hydrogens (tertiary/aromatic N) is 1. The van der Waals surface area contributed by atoms with Gasteiger partial charge in [0.05, 0.1) is 4.90 Å². The smallest absolute Gasteiger partial charge is 0.261 e. The molecule has 2 aromatic carbocycles. The summed E-state index contributed by atoms with van der Waals surface area (Å²) in [5, 5.41) is 2.87. The topological polar surface area (TPSA) is 78.5 Å². The lowest BCUT2D eigenvalue weighted by atomic mass is 10.2. The zero-order valence-electron chi connectivity index (χ0n) is 17.2. The standard InChI is InChI=1S/C21H28FN3O3S/c1-5-25(15(2)3)13-12-23-21(26)17-6-8-18(9-7-17)24-29(27,28)19-10-11-20(22)16(4)14-19/h6-11,14-15,24H,5,12-13H2,1-4H3,(H,23,26). The number of anilines is 1. The van der Waals surface area contributed by atoms with E-state index in [4.69, 9.17) is 0 Å². The molecule has 2 N–H and O–H groups in total. The van der Waals surface area contributed by atoms with Crippen LogP contribution in [0.5, 0.6) is 0 Å². The Morgan fingerprint density at radius 2 is 1.79 bits per heavy atom. The molecule has 0 heterocycles. The highest BCUT2D eigenvalue weighted by Crippen LogP contribution is 2.19. The number of rotatable bonds is 9. The molecule has 0 fully saturated rings. The maximum absolute atomic E-state index is 13.4. The lowest BCUT2D eigenvalue weighted by molar-refractivity contribution is 0.0946. The van der Waals surface area contributed by atoms with Gasteiger partial charge in [0.1, 0.15) is 5.82 Å². The van der Waals surface area contributed by atoms with Crippen LogP contribution in [0.1, 0.15) is 36.7 Å². The number of sulfonamides is 1. The van der Waals surface area contributed by atoms with Gasteiger partial charge < -0.3 is 5.32 Å². The molecule has 8 heteroatoms. The SMILES string of the molecule is CCN(CCNC(=O)c1ccc(NS(=O)(=O)c2ccc(F)c(C)c2)cc1)C(C)C. The predicted octanol–water partition coefficient (Wildman–Crippen LogP) is 3.40. The normalized spacial score (nSPS) is 11.7. The van der Waals surface area contributed by atoms with Crippen LogP contribution in [0.4, 0.5) is 10.1 Å². The summed E-state index contributed by atoms with van der Waals surface area (Å²) in [4.78, 5) is 14.5. The molecule has 0 spiro atoms. The highest BCUT2D eigenvalue weighted by Gasteiger charge is 2.16. The molecule has 2 rings (SSSR count). The van der Waals surface area contributed by atoms with Crippen molar-refractivity contribution in [2.75, 3.05) is 24.4 Å². The number of carbonyl (C=O) groups excluding carboxylic acids is 1. The summed E-state index contributed by atoms with van der Waals surface area (Å²) in [5.74, 6) is -0.678. The summed E-state index contributed by atoms with van der Waals surface area (Å²) in [7, 11) is -3.84. The maximum Gasteiger partial charge on any atom is 0.261 e. The monoisotopic (exact) mass is 421 g/mol. The van der Waals surface area contributed by atoms with Crippen molar-refractivity contribution in [1.82, 2.24) is 10.2 Å². The quantitative estimate of drug-likeness (QED) is 0.651. The predicted molar refractivity (Wildman–Crippen MR) is 113 cm³/mol. The Hall–Kier alpha value is -2.45. The molecule has 29 heavy (non-hydrogen) atoms. The van der Waals surface area contributed by atoms with Gasteiger partial charge in [-0.25, -0.2) is 12.8 Å². The van der Waals surface area contributed by atoms with E-state index in [1.54, 1.807) is 12.1 Å². The molecule has 0 atom stereocenters. The van der Waals surface area contributed by atoms with E-state index in [-0.39, 0.29) is 16.4 Å². The van der Waals surface area contributed by atoms with E-state index < -0.39 is 15.8 Å². The lowest BCUT2D eigenvalue weighted by Crippen LogP contribution is -2.38. The van der Waals surface area contributed by atoms with Crippen molar-refractivity contribution in [3.63, 3.8) is 0 Å². The average molecular weight is 422 g/mol. The second-order valence-corrected chi connectivity index (χ2v) is 8.75. The molecule has 0 unspecified atom stereocenters. The summed E-state index contributed by atoms with van der Waals surface area (Å²) >= 11 is 0. The molecule has 0 aromatic heterocycles. The van der Waals surface area contributed by atoms with E-state index in [0.29, 0.717) is 23.8 Å². The number of nitrogens with one attached hydrogen (secondary N) is 2. The molecular weight excluding hydrogens is 393 g/mol. The third-order valence-corrected chi connectivity index (χ3v) is 6.04. The van der Waals surface area contributed by atoms with Gasteiger partial charge in [0.25, 0.3) is 15.9 Å². The zero-order valence-corrected chi connectivity index (χ0v) is 18.0. The van der Waals surface area contributed by atoms with Gasteiger partial charge >= 0.3 is 0 Å². The van der Waals surface area contributed by atoms with Gasteiger partial charge in [-0.1, -0.05) is 6.92 Å². The first kappa shape index (κ1) is 22.8. The van der Waals surface area contributed by atoms with Gasteiger partial charge in [0.15, 0.2) is 0 Å². The van der Waals surface area contributed by atoms with Crippen molar-refractivity contribution in [3.05, 3.63) is 59.4 Å². The van der Waals surface area contributed by atoms with Crippen molar-refractivity contribution in [2.45, 2.75) is 38.6 Å². The molecule has 6 nitrogen and oxygen atoms in total. The first-order chi connectivity index (χ1) is 13.6. The minimum Gasteiger partial charge on any atom is -0.351 e. The van der Waals surface area contributed by atoms with Crippen LogP contribution in [0.15, 0.2) is 47.4 Å². The van der Waals surface area contributed by atoms with Crippen LogP contribution in [0.2, 0.25) is 0 Å². The van der Waals surface area contributed by atoms with Crippen LogP contribution in [-0.2, 0) is 10.0 Å². The highest BCUT2D eigenvalue weighted by atomic mass is 32.2. The number of hydrogen-bond donors (Lipinski definition) is 2. The van der Waals surface area contributed by atoms with E-state index >= 15 is 0 Å². The van der Waals surface area contributed by atoms with E-state index in [0.717, 1.165) is 19.2 Å². The van der Waals surface area contributed by atoms with Crippen LogP contribution >= 0.6 is 0 Å². The number of halogens is 1.